The lowest BCUT2D eigenvalue weighted by Gasteiger charge is -2.47. The van der Waals surface area contributed by atoms with Gasteiger partial charge in [0.1, 0.15) is 5.75 Å². The fourth-order valence-electron chi connectivity index (χ4n) is 3.22. The highest BCUT2D eigenvalue weighted by Gasteiger charge is 2.45. The van der Waals surface area contributed by atoms with Crippen molar-refractivity contribution in [3.63, 3.8) is 0 Å². The van der Waals surface area contributed by atoms with Crippen LogP contribution in [-0.2, 0) is 0 Å². The molecule has 1 saturated heterocycles. The molecule has 3 nitrogen and oxygen atoms in total. The van der Waals surface area contributed by atoms with Crippen LogP contribution >= 0.6 is 15.9 Å². The molecule has 1 saturated carbocycles. The van der Waals surface area contributed by atoms with Crippen molar-refractivity contribution in [2.24, 2.45) is 5.92 Å². The molecular formula is C16H23BrN2O. The van der Waals surface area contributed by atoms with E-state index in [1.165, 1.54) is 18.5 Å². The Bertz CT molecular complexity index is 503. The van der Waals surface area contributed by atoms with Crippen LogP contribution in [0.2, 0.25) is 0 Å². The van der Waals surface area contributed by atoms with E-state index in [2.05, 4.69) is 58.2 Å². The summed E-state index contributed by atoms with van der Waals surface area (Å²) in [7, 11) is 1.72. The molecule has 2 aliphatic rings. The van der Waals surface area contributed by atoms with E-state index in [0.29, 0.717) is 6.04 Å². The minimum absolute atomic E-state index is 0.257. The predicted octanol–water partition coefficient (Wildman–Crippen LogP) is 3.42. The van der Waals surface area contributed by atoms with E-state index in [0.717, 1.165) is 29.2 Å². The van der Waals surface area contributed by atoms with Crippen LogP contribution in [-0.4, -0.2) is 31.8 Å². The van der Waals surface area contributed by atoms with Crippen LogP contribution in [0.5, 0.6) is 5.75 Å². The summed E-state index contributed by atoms with van der Waals surface area (Å²) >= 11 is 3.53. The Kier molecular flexibility index (Phi) is 3.71. The Hall–Kier alpha value is -0.740. The molecule has 1 aromatic rings. The fraction of sp³-hybridized carbons (Fsp3) is 0.625. The fourth-order valence-corrected chi connectivity index (χ4v) is 3.63. The summed E-state index contributed by atoms with van der Waals surface area (Å²) in [5.74, 6) is 1.75. The number of nitrogens with zero attached hydrogens (tertiary/aromatic N) is 1. The summed E-state index contributed by atoms with van der Waals surface area (Å²) in [6.07, 6.45) is 2.74. The highest BCUT2D eigenvalue weighted by atomic mass is 79.9. The molecule has 1 aromatic carbocycles. The molecule has 0 aromatic heterocycles. The van der Waals surface area contributed by atoms with Crippen LogP contribution in [0.4, 0.5) is 5.69 Å². The van der Waals surface area contributed by atoms with Crippen LogP contribution in [0.15, 0.2) is 22.7 Å². The highest BCUT2D eigenvalue weighted by molar-refractivity contribution is 9.10. The Morgan fingerprint density at radius 2 is 2.15 bits per heavy atom. The molecular weight excluding hydrogens is 316 g/mol. The van der Waals surface area contributed by atoms with E-state index in [9.17, 15) is 0 Å². The molecule has 0 spiro atoms. The van der Waals surface area contributed by atoms with E-state index in [1.807, 2.05) is 0 Å². The molecule has 110 valence electrons. The number of hydrogen-bond acceptors (Lipinski definition) is 3. The predicted molar refractivity (Wildman–Crippen MR) is 86.6 cm³/mol. The monoisotopic (exact) mass is 338 g/mol. The van der Waals surface area contributed by atoms with Crippen molar-refractivity contribution in [3.05, 3.63) is 22.7 Å². The smallest absolute Gasteiger partial charge is 0.135 e. The summed E-state index contributed by atoms with van der Waals surface area (Å²) < 4.78 is 6.44. The van der Waals surface area contributed by atoms with Crippen molar-refractivity contribution >= 4 is 21.6 Å². The minimum atomic E-state index is 0.257. The van der Waals surface area contributed by atoms with E-state index in [1.54, 1.807) is 7.11 Å². The van der Waals surface area contributed by atoms with Crippen LogP contribution in [0.3, 0.4) is 0 Å². The molecule has 2 fully saturated rings. The van der Waals surface area contributed by atoms with Crippen LogP contribution in [0, 0.1) is 5.92 Å². The number of anilines is 1. The second-order valence-corrected chi connectivity index (χ2v) is 7.22. The van der Waals surface area contributed by atoms with Gasteiger partial charge >= 0.3 is 0 Å². The van der Waals surface area contributed by atoms with E-state index >= 15 is 0 Å². The molecule has 1 heterocycles. The second-order valence-electron chi connectivity index (χ2n) is 6.37. The first-order valence-electron chi connectivity index (χ1n) is 7.39. The van der Waals surface area contributed by atoms with Gasteiger partial charge in [0.2, 0.25) is 0 Å². The van der Waals surface area contributed by atoms with E-state index in [4.69, 9.17) is 4.74 Å². The van der Waals surface area contributed by atoms with Crippen molar-refractivity contribution in [1.82, 2.24) is 5.32 Å². The van der Waals surface area contributed by atoms with E-state index < -0.39 is 0 Å². The van der Waals surface area contributed by atoms with Crippen LogP contribution in [0.25, 0.3) is 0 Å². The first-order valence-corrected chi connectivity index (χ1v) is 8.18. The van der Waals surface area contributed by atoms with Crippen LogP contribution < -0.4 is 15.0 Å². The maximum absolute atomic E-state index is 5.43. The molecule has 20 heavy (non-hydrogen) atoms. The lowest BCUT2D eigenvalue weighted by Crippen LogP contribution is -2.63. The first-order chi connectivity index (χ1) is 9.53. The molecule has 1 N–H and O–H groups in total. The Morgan fingerprint density at radius 1 is 1.40 bits per heavy atom. The lowest BCUT2D eigenvalue weighted by molar-refractivity contribution is 0.260. The van der Waals surface area contributed by atoms with Gasteiger partial charge in [-0.2, -0.15) is 0 Å². The molecule has 0 radical (unpaired) electrons. The van der Waals surface area contributed by atoms with Crippen molar-refractivity contribution in [3.8, 4) is 5.75 Å². The Morgan fingerprint density at radius 3 is 2.80 bits per heavy atom. The zero-order chi connectivity index (χ0) is 14.3. The van der Waals surface area contributed by atoms with Gasteiger partial charge in [0.05, 0.1) is 11.6 Å². The number of nitrogens with one attached hydrogen (secondary N) is 1. The van der Waals surface area contributed by atoms with Gasteiger partial charge in [0.25, 0.3) is 0 Å². The van der Waals surface area contributed by atoms with Gasteiger partial charge in [-0.3, -0.25) is 0 Å². The second kappa shape index (κ2) is 5.23. The van der Waals surface area contributed by atoms with Crippen LogP contribution in [0.1, 0.15) is 26.7 Å². The summed E-state index contributed by atoms with van der Waals surface area (Å²) in [6, 6.07) is 6.91. The average Bonchev–Trinajstić information content (AvgIpc) is 3.27. The zero-order valence-electron chi connectivity index (χ0n) is 12.4. The van der Waals surface area contributed by atoms with Gasteiger partial charge < -0.3 is 15.0 Å². The molecule has 4 heteroatoms. The third-order valence-corrected chi connectivity index (χ3v) is 5.43. The number of halogens is 1. The highest BCUT2D eigenvalue weighted by Crippen LogP contribution is 2.42. The number of benzene rings is 1. The third-order valence-electron chi connectivity index (χ3n) is 4.78. The number of rotatable bonds is 3. The molecule has 0 bridgehead atoms. The van der Waals surface area contributed by atoms with Crippen molar-refractivity contribution in [1.29, 1.82) is 0 Å². The minimum Gasteiger partial charge on any atom is -0.495 e. The lowest BCUT2D eigenvalue weighted by atomic mass is 9.91. The molecule has 1 aliphatic carbocycles. The number of ether oxygens (including phenoxy) is 1. The van der Waals surface area contributed by atoms with Crippen molar-refractivity contribution in [2.75, 3.05) is 25.1 Å². The van der Waals surface area contributed by atoms with Crippen molar-refractivity contribution < 1.29 is 4.74 Å². The van der Waals surface area contributed by atoms with Gasteiger partial charge in [-0.15, -0.1) is 0 Å². The first kappa shape index (κ1) is 14.2. The van der Waals surface area contributed by atoms with Gasteiger partial charge in [-0.05, 0) is 60.7 Å². The van der Waals surface area contributed by atoms with Gasteiger partial charge in [-0.25, -0.2) is 0 Å². The molecule has 3 rings (SSSR count). The molecule has 2 unspecified atom stereocenters. The van der Waals surface area contributed by atoms with E-state index in [-0.39, 0.29) is 5.54 Å². The Balaban J connectivity index is 1.87. The standard InChI is InChI=1S/C16H23BrN2O/c1-11-9-18-16(2,12-4-5-12)10-19(11)13-6-7-14(17)15(8-13)20-3/h6-8,11-12,18H,4-5,9-10H2,1-3H3. The summed E-state index contributed by atoms with van der Waals surface area (Å²) in [6.45, 7) is 6.78. The number of hydrogen-bond donors (Lipinski definition) is 1. The van der Waals surface area contributed by atoms with Gasteiger partial charge in [-0.1, -0.05) is 0 Å². The maximum Gasteiger partial charge on any atom is 0.135 e. The summed E-state index contributed by atoms with van der Waals surface area (Å²) in [5, 5.41) is 3.76. The average molecular weight is 339 g/mol. The Labute approximate surface area is 129 Å². The zero-order valence-corrected chi connectivity index (χ0v) is 14.0. The molecule has 0 amide bonds. The summed E-state index contributed by atoms with van der Waals surface area (Å²) in [4.78, 5) is 2.52. The topological polar surface area (TPSA) is 24.5 Å². The maximum atomic E-state index is 5.43. The third kappa shape index (κ3) is 2.56. The van der Waals surface area contributed by atoms with Crippen molar-refractivity contribution in [2.45, 2.75) is 38.3 Å². The largest absolute Gasteiger partial charge is 0.495 e. The SMILES string of the molecule is COc1cc(N2CC(C)(C3CC3)NCC2C)ccc1Br. The molecule has 1 aliphatic heterocycles. The number of piperazine rings is 1. The van der Waals surface area contributed by atoms with Gasteiger partial charge in [0.15, 0.2) is 0 Å². The van der Waals surface area contributed by atoms with Gasteiger partial charge in [0, 0.05) is 36.4 Å². The normalized spacial score (nSPS) is 30.4. The number of methoxy groups -OCH3 is 1. The quantitative estimate of drug-likeness (QED) is 0.913. The summed E-state index contributed by atoms with van der Waals surface area (Å²) in [5.41, 5.74) is 1.51. The molecule has 2 atom stereocenters.